The van der Waals surface area contributed by atoms with Crippen molar-refractivity contribution in [1.82, 2.24) is 9.88 Å². The number of aryl methyl sites for hydroxylation is 1. The second kappa shape index (κ2) is 14.6. The Labute approximate surface area is 246 Å². The number of fused-ring (bicyclic) bond motifs is 1. The van der Waals surface area contributed by atoms with Gasteiger partial charge >= 0.3 is 5.97 Å². The highest BCUT2D eigenvalue weighted by Crippen LogP contribution is 2.35. The molecule has 0 amide bonds. The van der Waals surface area contributed by atoms with E-state index in [1.807, 2.05) is 6.07 Å². The molecule has 8 nitrogen and oxygen atoms in total. The first-order chi connectivity index (χ1) is 20.4. The quantitative estimate of drug-likeness (QED) is 0.298. The lowest BCUT2D eigenvalue weighted by Crippen LogP contribution is -2.34. The molecular weight excluding hydrogens is 544 g/mol. The fraction of sp³-hybridized carbons (Fsp3) is 0.625. The molecule has 1 aromatic heterocycles. The number of nitrogens with zero attached hydrogens (tertiary/aromatic N) is 2. The molecule has 4 heterocycles. The minimum Gasteiger partial charge on any atom is -0.496 e. The van der Waals surface area contributed by atoms with E-state index in [1.165, 1.54) is 12.1 Å². The molecule has 0 spiro atoms. The van der Waals surface area contributed by atoms with Crippen LogP contribution in [-0.4, -0.2) is 73.2 Å². The van der Waals surface area contributed by atoms with Crippen LogP contribution in [0.2, 0.25) is 0 Å². The first-order valence-electron chi connectivity index (χ1n) is 15.3. The topological polar surface area (TPSA) is 93.2 Å². The number of unbranched alkanes of at least 4 members (excludes halogenated alkanes) is 1. The van der Waals surface area contributed by atoms with Gasteiger partial charge in [0.25, 0.3) is 0 Å². The van der Waals surface area contributed by atoms with E-state index in [4.69, 9.17) is 19.2 Å². The van der Waals surface area contributed by atoms with Crippen molar-refractivity contribution < 1.29 is 32.9 Å². The monoisotopic (exact) mass is 587 g/mol. The number of anilines is 1. The van der Waals surface area contributed by atoms with Crippen molar-refractivity contribution in [3.8, 4) is 5.75 Å². The molecule has 0 radical (unpaired) electrons. The Morgan fingerprint density at radius 3 is 2.86 bits per heavy atom. The van der Waals surface area contributed by atoms with Crippen LogP contribution in [0.4, 0.5) is 14.6 Å². The molecule has 2 unspecified atom stereocenters. The largest absolute Gasteiger partial charge is 0.496 e. The Morgan fingerprint density at radius 2 is 2.07 bits per heavy atom. The van der Waals surface area contributed by atoms with Crippen LogP contribution in [0.1, 0.15) is 73.4 Å². The van der Waals surface area contributed by atoms with Crippen molar-refractivity contribution in [2.24, 2.45) is 5.92 Å². The third-order valence-corrected chi connectivity index (χ3v) is 8.83. The zero-order valence-electron chi connectivity index (χ0n) is 24.5. The van der Waals surface area contributed by atoms with Crippen molar-refractivity contribution in [2.45, 2.75) is 82.7 Å². The number of nitrogens with one attached hydrogen (secondary N) is 1. The van der Waals surface area contributed by atoms with Crippen LogP contribution >= 0.6 is 0 Å². The molecule has 0 aliphatic carbocycles. The summed E-state index contributed by atoms with van der Waals surface area (Å²) in [6, 6.07) is 5.18. The van der Waals surface area contributed by atoms with E-state index in [-0.39, 0.29) is 18.6 Å². The average Bonchev–Trinajstić information content (AvgIpc) is 3.48. The van der Waals surface area contributed by atoms with E-state index in [2.05, 4.69) is 5.32 Å². The number of rotatable bonds is 13. The van der Waals surface area contributed by atoms with E-state index in [0.29, 0.717) is 56.7 Å². The lowest BCUT2D eigenvalue weighted by molar-refractivity contribution is -0.143. The van der Waals surface area contributed by atoms with Gasteiger partial charge < -0.3 is 24.6 Å². The van der Waals surface area contributed by atoms with E-state index in [9.17, 15) is 14.3 Å². The Bertz CT molecular complexity index is 1190. The molecular formula is C32H43F2N3O5. The molecule has 2 saturated heterocycles. The molecule has 3 aliphatic rings. The highest BCUT2D eigenvalue weighted by molar-refractivity contribution is 5.76. The first-order valence-corrected chi connectivity index (χ1v) is 15.3. The number of aliphatic carboxylic acids is 1. The van der Waals surface area contributed by atoms with E-state index in [0.717, 1.165) is 67.9 Å². The van der Waals surface area contributed by atoms with Gasteiger partial charge in [0.1, 0.15) is 29.6 Å². The Morgan fingerprint density at radius 1 is 1.24 bits per heavy atom. The molecule has 3 aliphatic heterocycles. The van der Waals surface area contributed by atoms with Crippen molar-refractivity contribution >= 4 is 11.8 Å². The van der Waals surface area contributed by atoms with Gasteiger partial charge in [0.05, 0.1) is 19.8 Å². The third-order valence-electron chi connectivity index (χ3n) is 8.83. The Hall–Kier alpha value is -2.82. The van der Waals surface area contributed by atoms with E-state index in [1.54, 1.807) is 18.1 Å². The molecule has 5 rings (SSSR count). The SMILES string of the molecule is COc1cc(CCCCC(F)[C@@H]2CCN(C(C(=O)O)c3cc(F)ccc3COC3CCOCC3)C2)nc2c1CCCN2. The van der Waals surface area contributed by atoms with Crippen molar-refractivity contribution in [3.63, 3.8) is 0 Å². The number of methoxy groups -OCH3 is 1. The van der Waals surface area contributed by atoms with Gasteiger partial charge in [-0.2, -0.15) is 0 Å². The zero-order chi connectivity index (χ0) is 29.5. The van der Waals surface area contributed by atoms with Gasteiger partial charge in [0.2, 0.25) is 0 Å². The highest BCUT2D eigenvalue weighted by Gasteiger charge is 2.38. The number of hydrogen-bond donors (Lipinski definition) is 2. The molecule has 230 valence electrons. The third kappa shape index (κ3) is 7.57. The number of carbonyl (C=O) groups is 1. The Balaban J connectivity index is 1.15. The maximum absolute atomic E-state index is 15.4. The summed E-state index contributed by atoms with van der Waals surface area (Å²) in [5.74, 6) is -0.0530. The smallest absolute Gasteiger partial charge is 0.325 e. The first kappa shape index (κ1) is 30.6. The molecule has 3 atom stereocenters. The van der Waals surface area contributed by atoms with E-state index >= 15 is 4.39 Å². The maximum atomic E-state index is 15.4. The second-order valence-electron chi connectivity index (χ2n) is 11.7. The lowest BCUT2D eigenvalue weighted by Gasteiger charge is -2.28. The molecule has 2 N–H and O–H groups in total. The normalized spacial score (nSPS) is 21.0. The van der Waals surface area contributed by atoms with Crippen LogP contribution in [0.3, 0.4) is 0 Å². The summed E-state index contributed by atoms with van der Waals surface area (Å²) in [5, 5.41) is 13.6. The highest BCUT2D eigenvalue weighted by atomic mass is 19.1. The van der Waals surface area contributed by atoms with E-state index < -0.39 is 24.0 Å². The summed E-state index contributed by atoms with van der Waals surface area (Å²) in [5.41, 5.74) is 3.10. The van der Waals surface area contributed by atoms with Crippen LogP contribution in [0.5, 0.6) is 5.75 Å². The number of carboxylic acid groups (broad SMARTS) is 1. The van der Waals surface area contributed by atoms with Crippen molar-refractivity contribution in [1.29, 1.82) is 0 Å². The molecule has 0 saturated carbocycles. The summed E-state index contributed by atoms with van der Waals surface area (Å²) in [6.45, 7) is 3.15. The molecule has 1 aromatic carbocycles. The van der Waals surface area contributed by atoms with Gasteiger partial charge in [-0.1, -0.05) is 12.5 Å². The number of pyridine rings is 1. The summed E-state index contributed by atoms with van der Waals surface area (Å²) in [7, 11) is 1.68. The van der Waals surface area contributed by atoms with Crippen LogP contribution in [0.25, 0.3) is 0 Å². The summed E-state index contributed by atoms with van der Waals surface area (Å²) in [4.78, 5) is 19.0. The lowest BCUT2D eigenvalue weighted by atomic mass is 9.96. The molecule has 2 fully saturated rings. The summed E-state index contributed by atoms with van der Waals surface area (Å²) >= 11 is 0. The van der Waals surface area contributed by atoms with Crippen LogP contribution in [-0.2, 0) is 33.7 Å². The number of carboxylic acids is 1. The molecule has 10 heteroatoms. The predicted octanol–water partition coefficient (Wildman–Crippen LogP) is 5.48. The average molecular weight is 588 g/mol. The van der Waals surface area contributed by atoms with Gasteiger partial charge in [0.15, 0.2) is 0 Å². The number of alkyl halides is 1. The predicted molar refractivity (Wildman–Crippen MR) is 155 cm³/mol. The number of ether oxygens (including phenoxy) is 3. The number of hydrogen-bond acceptors (Lipinski definition) is 7. The number of likely N-dealkylation sites (tertiary alicyclic amines) is 1. The number of aromatic nitrogens is 1. The van der Waals surface area contributed by atoms with Crippen molar-refractivity contribution in [3.05, 3.63) is 52.5 Å². The Kier molecular flexibility index (Phi) is 10.6. The molecule has 0 bridgehead atoms. The number of benzene rings is 1. The van der Waals surface area contributed by atoms with Crippen LogP contribution in [0, 0.1) is 11.7 Å². The zero-order valence-corrected chi connectivity index (χ0v) is 24.5. The number of halogens is 2. The minimum absolute atomic E-state index is 0.0325. The van der Waals surface area contributed by atoms with Crippen LogP contribution in [0.15, 0.2) is 24.3 Å². The van der Waals surface area contributed by atoms with Gasteiger partial charge in [-0.25, -0.2) is 13.8 Å². The van der Waals surface area contributed by atoms with Gasteiger partial charge in [0, 0.05) is 49.5 Å². The molecule has 42 heavy (non-hydrogen) atoms. The van der Waals surface area contributed by atoms with Crippen molar-refractivity contribution in [2.75, 3.05) is 45.3 Å². The maximum Gasteiger partial charge on any atom is 0.325 e. The molecule has 2 aromatic rings. The fourth-order valence-corrected chi connectivity index (χ4v) is 6.48. The standard InChI is InChI=1S/C32H43F2N3O5/c1-40-29-18-24(36-31-26(29)6-4-13-35-31)5-2-3-7-28(34)21-10-14-37(19-21)30(32(38)39)27-17-23(33)9-8-22(27)20-42-25-11-15-41-16-12-25/h8-9,17-18,21,25,28,30H,2-7,10-16,19-20H2,1H3,(H,35,36)(H,38,39)/t21-,28?,30?/m1/s1. The summed E-state index contributed by atoms with van der Waals surface area (Å²) < 4.78 is 46.7. The van der Waals surface area contributed by atoms with Gasteiger partial charge in [-0.05, 0) is 81.2 Å². The second-order valence-corrected chi connectivity index (χ2v) is 11.7. The van der Waals surface area contributed by atoms with Crippen LogP contribution < -0.4 is 10.1 Å². The van der Waals surface area contributed by atoms with Gasteiger partial charge in [-0.3, -0.25) is 9.69 Å². The minimum atomic E-state index is -1.06. The summed E-state index contributed by atoms with van der Waals surface area (Å²) in [6.07, 6.45) is 5.83. The van der Waals surface area contributed by atoms with Gasteiger partial charge in [-0.15, -0.1) is 0 Å². The fourth-order valence-electron chi connectivity index (χ4n) is 6.48.